The standard InChI is InChI=1S/C18H24N4O2/c1-18(2,3)19-17(23)21-9-10-22-13(12-21)11-15(20-22)14-7-5-6-8-16(14)24-4/h5-8,11H,9-10,12H2,1-4H3,(H,19,23). The number of carbonyl (C=O) groups excluding carboxylic acids is 1. The fourth-order valence-corrected chi connectivity index (χ4v) is 2.83. The highest BCUT2D eigenvalue weighted by Gasteiger charge is 2.25. The molecule has 2 heterocycles. The molecule has 1 aliphatic rings. The average Bonchev–Trinajstić information content (AvgIpc) is 2.96. The second kappa shape index (κ2) is 6.19. The van der Waals surface area contributed by atoms with Gasteiger partial charge in [-0.15, -0.1) is 0 Å². The second-order valence-electron chi connectivity index (χ2n) is 7.05. The van der Waals surface area contributed by atoms with E-state index in [0.717, 1.165) is 22.7 Å². The summed E-state index contributed by atoms with van der Waals surface area (Å²) >= 11 is 0. The van der Waals surface area contributed by atoms with E-state index in [0.29, 0.717) is 19.6 Å². The lowest BCUT2D eigenvalue weighted by molar-refractivity contribution is 0.172. The van der Waals surface area contributed by atoms with Crippen molar-refractivity contribution in [1.29, 1.82) is 0 Å². The van der Waals surface area contributed by atoms with E-state index in [9.17, 15) is 4.79 Å². The Bertz CT molecular complexity index is 746. The molecule has 0 atom stereocenters. The Morgan fingerprint density at radius 3 is 2.71 bits per heavy atom. The van der Waals surface area contributed by atoms with Gasteiger partial charge in [0.1, 0.15) is 5.75 Å². The van der Waals surface area contributed by atoms with Gasteiger partial charge in [-0.3, -0.25) is 4.68 Å². The molecule has 1 aliphatic heterocycles. The fraction of sp³-hybridized carbons (Fsp3) is 0.444. The quantitative estimate of drug-likeness (QED) is 0.922. The van der Waals surface area contributed by atoms with Crippen molar-refractivity contribution in [3.8, 4) is 17.0 Å². The third kappa shape index (κ3) is 3.37. The van der Waals surface area contributed by atoms with Gasteiger partial charge in [0.15, 0.2) is 0 Å². The average molecular weight is 328 g/mol. The van der Waals surface area contributed by atoms with Gasteiger partial charge in [-0.2, -0.15) is 5.10 Å². The summed E-state index contributed by atoms with van der Waals surface area (Å²) in [5.74, 6) is 0.801. The van der Waals surface area contributed by atoms with Crippen LogP contribution in [0.5, 0.6) is 5.75 Å². The number of urea groups is 1. The second-order valence-corrected chi connectivity index (χ2v) is 7.05. The van der Waals surface area contributed by atoms with Crippen LogP contribution in [-0.2, 0) is 13.1 Å². The Labute approximate surface area is 142 Å². The molecule has 0 fully saturated rings. The topological polar surface area (TPSA) is 59.4 Å². The normalized spacial score (nSPS) is 14.2. The molecule has 1 aromatic heterocycles. The maximum atomic E-state index is 12.4. The van der Waals surface area contributed by atoms with Gasteiger partial charge in [-0.1, -0.05) is 12.1 Å². The highest BCUT2D eigenvalue weighted by atomic mass is 16.5. The zero-order valence-corrected chi connectivity index (χ0v) is 14.7. The molecule has 1 N–H and O–H groups in total. The van der Waals surface area contributed by atoms with E-state index in [1.165, 1.54) is 0 Å². The van der Waals surface area contributed by atoms with Crippen molar-refractivity contribution in [3.63, 3.8) is 0 Å². The minimum atomic E-state index is -0.239. The maximum absolute atomic E-state index is 12.4. The summed E-state index contributed by atoms with van der Waals surface area (Å²) in [6, 6.07) is 9.84. The minimum absolute atomic E-state index is 0.0335. The Morgan fingerprint density at radius 2 is 2.00 bits per heavy atom. The fourth-order valence-electron chi connectivity index (χ4n) is 2.83. The molecule has 2 amide bonds. The predicted octanol–water partition coefficient (Wildman–Crippen LogP) is 2.88. The molecule has 2 aromatic rings. The van der Waals surface area contributed by atoms with E-state index < -0.39 is 0 Å². The first-order valence-electron chi connectivity index (χ1n) is 8.14. The zero-order valence-electron chi connectivity index (χ0n) is 14.7. The lowest BCUT2D eigenvalue weighted by Gasteiger charge is -2.31. The third-order valence-corrected chi connectivity index (χ3v) is 3.95. The first-order valence-corrected chi connectivity index (χ1v) is 8.14. The molecule has 0 saturated heterocycles. The number of rotatable bonds is 2. The molecule has 6 heteroatoms. The van der Waals surface area contributed by atoms with Crippen molar-refractivity contribution in [2.75, 3.05) is 13.7 Å². The molecule has 0 saturated carbocycles. The van der Waals surface area contributed by atoms with Crippen LogP contribution in [-0.4, -0.2) is 39.9 Å². The summed E-state index contributed by atoms with van der Waals surface area (Å²) < 4.78 is 7.40. The lowest BCUT2D eigenvalue weighted by atomic mass is 10.1. The summed E-state index contributed by atoms with van der Waals surface area (Å²) in [6.45, 7) is 7.87. The molecule has 0 spiro atoms. The van der Waals surface area contributed by atoms with E-state index in [4.69, 9.17) is 4.74 Å². The maximum Gasteiger partial charge on any atom is 0.318 e. The predicted molar refractivity (Wildman–Crippen MR) is 92.9 cm³/mol. The van der Waals surface area contributed by atoms with E-state index in [1.54, 1.807) is 7.11 Å². The number of ether oxygens (including phenoxy) is 1. The summed E-state index contributed by atoms with van der Waals surface area (Å²) in [6.07, 6.45) is 0. The number of nitrogens with one attached hydrogen (secondary N) is 1. The van der Waals surface area contributed by atoms with Crippen LogP contribution in [0.2, 0.25) is 0 Å². The Morgan fingerprint density at radius 1 is 1.25 bits per heavy atom. The lowest BCUT2D eigenvalue weighted by Crippen LogP contribution is -2.50. The van der Waals surface area contributed by atoms with Crippen LogP contribution < -0.4 is 10.1 Å². The van der Waals surface area contributed by atoms with Crippen molar-refractivity contribution in [2.45, 2.75) is 39.4 Å². The van der Waals surface area contributed by atoms with Crippen LogP contribution in [0.1, 0.15) is 26.5 Å². The monoisotopic (exact) mass is 328 g/mol. The summed E-state index contributed by atoms with van der Waals surface area (Å²) in [7, 11) is 1.66. The first kappa shape index (κ1) is 16.4. The molecule has 0 aliphatic carbocycles. The molecule has 0 radical (unpaired) electrons. The van der Waals surface area contributed by atoms with E-state index in [-0.39, 0.29) is 11.6 Å². The van der Waals surface area contributed by atoms with Crippen LogP contribution in [0, 0.1) is 0 Å². The van der Waals surface area contributed by atoms with E-state index in [1.807, 2.05) is 60.7 Å². The number of para-hydroxylation sites is 1. The Hall–Kier alpha value is -2.50. The highest BCUT2D eigenvalue weighted by molar-refractivity contribution is 5.75. The van der Waals surface area contributed by atoms with Gasteiger partial charge in [0.2, 0.25) is 0 Å². The number of aromatic nitrogens is 2. The zero-order chi connectivity index (χ0) is 17.3. The highest BCUT2D eigenvalue weighted by Crippen LogP contribution is 2.30. The summed E-state index contributed by atoms with van der Waals surface area (Å²) in [5, 5.41) is 7.69. The smallest absolute Gasteiger partial charge is 0.318 e. The molecule has 1 aromatic carbocycles. The number of hydrogen-bond donors (Lipinski definition) is 1. The van der Waals surface area contributed by atoms with Gasteiger partial charge in [-0.05, 0) is 39.0 Å². The van der Waals surface area contributed by atoms with Crippen LogP contribution >= 0.6 is 0 Å². The van der Waals surface area contributed by atoms with Gasteiger partial charge in [0, 0.05) is 17.6 Å². The van der Waals surface area contributed by atoms with Crippen molar-refractivity contribution in [1.82, 2.24) is 20.0 Å². The van der Waals surface area contributed by atoms with Crippen molar-refractivity contribution in [3.05, 3.63) is 36.0 Å². The van der Waals surface area contributed by atoms with Crippen molar-refractivity contribution in [2.24, 2.45) is 0 Å². The largest absolute Gasteiger partial charge is 0.496 e. The number of fused-ring (bicyclic) bond motifs is 1. The molecule has 0 unspecified atom stereocenters. The molecular formula is C18H24N4O2. The van der Waals surface area contributed by atoms with Gasteiger partial charge >= 0.3 is 6.03 Å². The van der Waals surface area contributed by atoms with E-state index in [2.05, 4.69) is 10.4 Å². The number of carbonyl (C=O) groups is 1. The molecule has 24 heavy (non-hydrogen) atoms. The summed E-state index contributed by atoms with van der Waals surface area (Å²) in [4.78, 5) is 14.2. The van der Waals surface area contributed by atoms with Gasteiger partial charge < -0.3 is 15.0 Å². The van der Waals surface area contributed by atoms with Crippen LogP contribution in [0.4, 0.5) is 4.79 Å². The molecule has 0 bridgehead atoms. The Balaban J connectivity index is 1.81. The Kier molecular flexibility index (Phi) is 4.22. The minimum Gasteiger partial charge on any atom is -0.496 e. The van der Waals surface area contributed by atoms with Crippen LogP contribution in [0.25, 0.3) is 11.3 Å². The summed E-state index contributed by atoms with van der Waals surface area (Å²) in [5.41, 5.74) is 2.64. The molecule has 6 nitrogen and oxygen atoms in total. The molecule has 128 valence electrons. The number of benzene rings is 1. The molecule has 3 rings (SSSR count). The third-order valence-electron chi connectivity index (χ3n) is 3.95. The number of hydrogen-bond acceptors (Lipinski definition) is 3. The van der Waals surface area contributed by atoms with Gasteiger partial charge in [0.05, 0.1) is 31.6 Å². The van der Waals surface area contributed by atoms with E-state index >= 15 is 0 Å². The van der Waals surface area contributed by atoms with Gasteiger partial charge in [-0.25, -0.2) is 4.79 Å². The first-order chi connectivity index (χ1) is 11.4. The number of amides is 2. The van der Waals surface area contributed by atoms with Crippen molar-refractivity contribution < 1.29 is 9.53 Å². The van der Waals surface area contributed by atoms with Crippen LogP contribution in [0.15, 0.2) is 30.3 Å². The number of nitrogens with zero attached hydrogens (tertiary/aromatic N) is 3. The molecular weight excluding hydrogens is 304 g/mol. The SMILES string of the molecule is COc1ccccc1-c1cc2n(n1)CCN(C(=O)NC(C)(C)C)C2. The van der Waals surface area contributed by atoms with Gasteiger partial charge in [0.25, 0.3) is 0 Å². The number of methoxy groups -OCH3 is 1. The van der Waals surface area contributed by atoms with Crippen molar-refractivity contribution >= 4 is 6.03 Å². The van der Waals surface area contributed by atoms with Crippen LogP contribution in [0.3, 0.4) is 0 Å².